The summed E-state index contributed by atoms with van der Waals surface area (Å²) in [5.41, 5.74) is 1.14. The van der Waals surface area contributed by atoms with Crippen LogP contribution in [0.5, 0.6) is 0 Å². The Balaban J connectivity index is 1.35. The van der Waals surface area contributed by atoms with E-state index in [1.54, 1.807) is 42.5 Å². The van der Waals surface area contributed by atoms with Crippen LogP contribution in [-0.2, 0) is 16.1 Å². The number of anilines is 1. The lowest BCUT2D eigenvalue weighted by Gasteiger charge is -2.24. The van der Waals surface area contributed by atoms with Crippen LogP contribution in [0.2, 0.25) is 5.02 Å². The van der Waals surface area contributed by atoms with E-state index in [0.29, 0.717) is 22.0 Å². The normalized spacial score (nSPS) is 13.5. The second-order valence-corrected chi connectivity index (χ2v) is 8.77. The molecule has 5 rings (SSSR count). The molecule has 8 heteroatoms. The quantitative estimate of drug-likeness (QED) is 0.399. The Labute approximate surface area is 207 Å². The maximum absolute atomic E-state index is 13.5. The van der Waals surface area contributed by atoms with Gasteiger partial charge in [-0.15, -0.1) is 0 Å². The van der Waals surface area contributed by atoms with Crippen molar-refractivity contribution in [3.8, 4) is 0 Å². The molecule has 1 aliphatic heterocycles. The van der Waals surface area contributed by atoms with Crippen LogP contribution in [0.3, 0.4) is 0 Å². The molecule has 35 heavy (non-hydrogen) atoms. The van der Waals surface area contributed by atoms with Crippen LogP contribution in [-0.4, -0.2) is 47.3 Å². The lowest BCUT2D eigenvalue weighted by molar-refractivity contribution is -0.132. The van der Waals surface area contributed by atoms with Gasteiger partial charge in [-0.25, -0.2) is 0 Å². The summed E-state index contributed by atoms with van der Waals surface area (Å²) < 4.78 is 5.44. The number of nitrogens with zero attached hydrogens (tertiary/aromatic N) is 3. The van der Waals surface area contributed by atoms with Gasteiger partial charge in [-0.3, -0.25) is 19.3 Å². The first-order valence-electron chi connectivity index (χ1n) is 11.1. The molecule has 1 saturated heterocycles. The van der Waals surface area contributed by atoms with Gasteiger partial charge in [-0.1, -0.05) is 41.9 Å². The average Bonchev–Trinajstić information content (AvgIpc) is 3.53. The van der Waals surface area contributed by atoms with Crippen molar-refractivity contribution in [2.45, 2.75) is 6.54 Å². The topological polar surface area (TPSA) is 74.1 Å². The molecule has 1 fully saturated rings. The molecule has 0 atom stereocenters. The van der Waals surface area contributed by atoms with E-state index in [2.05, 4.69) is 0 Å². The fourth-order valence-corrected chi connectivity index (χ4v) is 4.25. The summed E-state index contributed by atoms with van der Waals surface area (Å²) in [7, 11) is 0. The van der Waals surface area contributed by atoms with Crippen LogP contribution in [0.1, 0.15) is 16.1 Å². The van der Waals surface area contributed by atoms with Gasteiger partial charge < -0.3 is 14.2 Å². The molecule has 1 aliphatic rings. The van der Waals surface area contributed by atoms with E-state index < -0.39 is 0 Å². The molecule has 2 heterocycles. The molecular weight excluding hydrogens is 466 g/mol. The summed E-state index contributed by atoms with van der Waals surface area (Å²) in [6, 6.07) is 23.6. The van der Waals surface area contributed by atoms with Crippen molar-refractivity contribution in [2.75, 3.05) is 24.7 Å². The number of furan rings is 1. The zero-order chi connectivity index (χ0) is 24.4. The van der Waals surface area contributed by atoms with Crippen LogP contribution in [0.4, 0.5) is 5.69 Å². The van der Waals surface area contributed by atoms with E-state index in [4.69, 9.17) is 16.0 Å². The predicted octanol–water partition coefficient (Wildman–Crippen LogP) is 4.56. The molecule has 3 aromatic carbocycles. The highest BCUT2D eigenvalue weighted by molar-refractivity contribution is 6.30. The minimum absolute atomic E-state index is 0.0553. The summed E-state index contributed by atoms with van der Waals surface area (Å²) in [6.45, 7) is -0.000540. The summed E-state index contributed by atoms with van der Waals surface area (Å²) in [5.74, 6) is -0.248. The lowest BCUT2D eigenvalue weighted by atomic mass is 10.1. The highest BCUT2D eigenvalue weighted by atomic mass is 35.5. The molecule has 0 saturated carbocycles. The Bertz CT molecular complexity index is 1390. The minimum atomic E-state index is -0.324. The highest BCUT2D eigenvalue weighted by Gasteiger charge is 2.33. The molecule has 4 aromatic rings. The van der Waals surface area contributed by atoms with E-state index in [-0.39, 0.29) is 44.0 Å². The number of benzene rings is 3. The molecule has 0 N–H and O–H groups in total. The third kappa shape index (κ3) is 4.90. The molecule has 1 aromatic heterocycles. The van der Waals surface area contributed by atoms with E-state index >= 15 is 0 Å². The van der Waals surface area contributed by atoms with Gasteiger partial charge in [0.05, 0.1) is 12.8 Å². The zero-order valence-corrected chi connectivity index (χ0v) is 19.5. The third-order valence-electron chi connectivity index (χ3n) is 5.97. The highest BCUT2D eigenvalue weighted by Crippen LogP contribution is 2.23. The van der Waals surface area contributed by atoms with Crippen LogP contribution in [0.25, 0.3) is 10.8 Å². The standard InChI is InChI=1S/C27H22ClN3O4/c28-22-9-11-23(12-10-22)31-18-30(17-26(31)33)25(32)16-29(15-24-6-3-13-35-24)27(34)21-8-7-19-4-1-2-5-20(19)14-21/h1-14H,15-18H2. The Morgan fingerprint density at radius 1 is 0.943 bits per heavy atom. The second kappa shape index (κ2) is 9.64. The summed E-state index contributed by atoms with van der Waals surface area (Å²) in [5, 5.41) is 2.52. The number of carbonyl (C=O) groups excluding carboxylic acids is 3. The van der Waals surface area contributed by atoms with Gasteiger partial charge in [0, 0.05) is 16.3 Å². The second-order valence-electron chi connectivity index (χ2n) is 8.33. The van der Waals surface area contributed by atoms with Gasteiger partial charge >= 0.3 is 0 Å². The van der Waals surface area contributed by atoms with E-state index in [0.717, 1.165) is 10.8 Å². The first-order valence-corrected chi connectivity index (χ1v) is 11.5. The van der Waals surface area contributed by atoms with Crippen molar-refractivity contribution < 1.29 is 18.8 Å². The Morgan fingerprint density at radius 3 is 2.46 bits per heavy atom. The number of amides is 3. The number of fused-ring (bicyclic) bond motifs is 1. The van der Waals surface area contributed by atoms with Gasteiger partial charge in [0.25, 0.3) is 5.91 Å². The Morgan fingerprint density at radius 2 is 1.71 bits per heavy atom. The number of rotatable bonds is 6. The summed E-state index contributed by atoms with van der Waals surface area (Å²) in [6.07, 6.45) is 1.53. The first-order chi connectivity index (χ1) is 17.0. The maximum atomic E-state index is 13.5. The fourth-order valence-electron chi connectivity index (χ4n) is 4.12. The minimum Gasteiger partial charge on any atom is -0.467 e. The van der Waals surface area contributed by atoms with Crippen molar-refractivity contribution in [1.29, 1.82) is 0 Å². The monoisotopic (exact) mass is 487 g/mol. The number of hydrogen-bond acceptors (Lipinski definition) is 4. The van der Waals surface area contributed by atoms with Gasteiger partial charge in [-0.2, -0.15) is 0 Å². The molecule has 0 spiro atoms. The van der Waals surface area contributed by atoms with Gasteiger partial charge in [0.2, 0.25) is 11.8 Å². The summed E-state index contributed by atoms with van der Waals surface area (Å²) in [4.78, 5) is 43.7. The number of halogens is 1. The largest absolute Gasteiger partial charge is 0.467 e. The van der Waals surface area contributed by atoms with Crippen LogP contribution in [0.15, 0.2) is 89.5 Å². The van der Waals surface area contributed by atoms with Crippen molar-refractivity contribution in [3.63, 3.8) is 0 Å². The van der Waals surface area contributed by atoms with Crippen molar-refractivity contribution in [3.05, 3.63) is 101 Å². The van der Waals surface area contributed by atoms with E-state index in [1.165, 1.54) is 21.0 Å². The van der Waals surface area contributed by atoms with Gasteiger partial charge in [0.15, 0.2) is 0 Å². The number of carbonyl (C=O) groups is 3. The van der Waals surface area contributed by atoms with Crippen LogP contribution >= 0.6 is 11.6 Å². The number of hydrogen-bond donors (Lipinski definition) is 0. The molecule has 3 amide bonds. The van der Waals surface area contributed by atoms with Gasteiger partial charge in [0.1, 0.15) is 25.5 Å². The molecule has 176 valence electrons. The molecule has 0 unspecified atom stereocenters. The van der Waals surface area contributed by atoms with Gasteiger partial charge in [-0.05, 0) is 59.3 Å². The Kier molecular flexibility index (Phi) is 6.25. The Hall–Kier alpha value is -4.10. The van der Waals surface area contributed by atoms with Crippen LogP contribution in [0, 0.1) is 0 Å². The van der Waals surface area contributed by atoms with Crippen molar-refractivity contribution in [2.24, 2.45) is 0 Å². The predicted molar refractivity (Wildman–Crippen MR) is 133 cm³/mol. The lowest BCUT2D eigenvalue weighted by Crippen LogP contribution is -2.42. The van der Waals surface area contributed by atoms with E-state index in [9.17, 15) is 14.4 Å². The molecule has 0 radical (unpaired) electrons. The molecule has 0 aliphatic carbocycles. The first kappa shape index (κ1) is 22.7. The zero-order valence-electron chi connectivity index (χ0n) is 18.8. The summed E-state index contributed by atoms with van der Waals surface area (Å²) >= 11 is 5.95. The van der Waals surface area contributed by atoms with Crippen LogP contribution < -0.4 is 4.90 Å². The third-order valence-corrected chi connectivity index (χ3v) is 6.22. The molecule has 7 nitrogen and oxygen atoms in total. The van der Waals surface area contributed by atoms with Crippen molar-refractivity contribution in [1.82, 2.24) is 9.80 Å². The molecule has 0 bridgehead atoms. The van der Waals surface area contributed by atoms with E-state index in [1.807, 2.05) is 36.4 Å². The smallest absolute Gasteiger partial charge is 0.254 e. The average molecular weight is 488 g/mol. The SMILES string of the molecule is O=C(CN(Cc1ccco1)C(=O)c1ccc2ccccc2c1)N1CC(=O)N(c2ccc(Cl)cc2)C1. The maximum Gasteiger partial charge on any atom is 0.254 e. The van der Waals surface area contributed by atoms with Crippen molar-refractivity contribution >= 4 is 45.8 Å². The fraction of sp³-hybridized carbons (Fsp3) is 0.148. The molecular formula is C27H22ClN3O4.